The maximum atomic E-state index is 14.7. The fourth-order valence-electron chi connectivity index (χ4n) is 11.1. The van der Waals surface area contributed by atoms with Gasteiger partial charge in [-0.1, -0.05) is 132 Å². The lowest BCUT2D eigenvalue weighted by molar-refractivity contribution is -0.255. The van der Waals surface area contributed by atoms with E-state index in [9.17, 15) is 19.8 Å². The molecule has 0 bridgehead atoms. The largest absolute Gasteiger partial charge is 0.497 e. The van der Waals surface area contributed by atoms with Gasteiger partial charge in [0.05, 0.1) is 44.8 Å². The number of benzene rings is 3. The maximum absolute atomic E-state index is 14.7. The van der Waals surface area contributed by atoms with Gasteiger partial charge in [-0.2, -0.15) is 0 Å². The van der Waals surface area contributed by atoms with Crippen molar-refractivity contribution in [2.75, 3.05) is 52.5 Å². The minimum atomic E-state index is -1.46. The molecule has 3 aromatic rings. The first-order chi connectivity index (χ1) is 35.7. The van der Waals surface area contributed by atoms with Gasteiger partial charge in [0.2, 0.25) is 5.79 Å². The van der Waals surface area contributed by atoms with Gasteiger partial charge in [0, 0.05) is 43.7 Å². The molecule has 1 aliphatic heterocycles. The highest BCUT2D eigenvalue weighted by Crippen LogP contribution is 2.62. The Morgan fingerprint density at radius 2 is 1.55 bits per heavy atom. The summed E-state index contributed by atoms with van der Waals surface area (Å²) < 4.78 is 37.6. The summed E-state index contributed by atoms with van der Waals surface area (Å²) in [6, 6.07) is 19.6. The SMILES string of the molecule is C=CCO[C@@]12Oc3ccc(OC(=O)Nc4ccc(OC)cc4OC)cc3[C@H]3[C@H](CCCCO)[C@@H](CCCCO)C=C(C(=NOCc4ccccc4)C[C@@H]1N(CCC)C(=O)OCCCCCCCCCCCC)[C@H]32. The molecule has 3 N–H and O–H groups in total. The third-order valence-electron chi connectivity index (χ3n) is 14.5. The fourth-order valence-corrected chi connectivity index (χ4v) is 11.1. The lowest BCUT2D eigenvalue weighted by Gasteiger charge is -2.59. The van der Waals surface area contributed by atoms with Crippen molar-refractivity contribution < 1.29 is 53.1 Å². The molecule has 1 fully saturated rings. The molecule has 14 heteroatoms. The summed E-state index contributed by atoms with van der Waals surface area (Å²) in [4.78, 5) is 36.5. The number of aliphatic hydroxyl groups excluding tert-OH is 2. The van der Waals surface area contributed by atoms with Crippen LogP contribution in [0.25, 0.3) is 0 Å². The van der Waals surface area contributed by atoms with Crippen LogP contribution >= 0.6 is 0 Å². The van der Waals surface area contributed by atoms with E-state index in [0.29, 0.717) is 66.8 Å². The first kappa shape index (κ1) is 56.7. The number of hydrogen-bond donors (Lipinski definition) is 3. The normalized spacial score (nSPS) is 21.2. The summed E-state index contributed by atoms with van der Waals surface area (Å²) in [5, 5.41) is 27.9. The molecule has 0 radical (unpaired) electrons. The highest BCUT2D eigenvalue weighted by atomic mass is 16.7. The standard InChI is InChI=1S/C59H83N3O11/c1-6-9-10-11-12-13-14-15-16-24-37-69-58(66)62(33-7-2)54-41-51(61-71-42-43-25-18-17-19-26-43)48-38-44(27-20-22-34-63)47(28-21-23-35-64)55-49-39-46(30-32-52(49)73-59(54,56(48)55)70-36-8-3)72-57(65)60-50-31-29-45(67-4)40-53(50)68-5/h8,17-19,25-26,29-32,38-40,44,47,54-56,63-64H,3,6-7,9-16,20-24,27-28,33-37,41-42H2,1-2,4-5H3,(H,60,65)/t44-,47+,54-,55+,56+,59+/m0/s1. The van der Waals surface area contributed by atoms with Crippen LogP contribution in [0, 0.1) is 17.8 Å². The second-order valence-corrected chi connectivity index (χ2v) is 19.6. The Kier molecular flexibility index (Phi) is 23.3. The van der Waals surface area contributed by atoms with Gasteiger partial charge in [0.25, 0.3) is 0 Å². The van der Waals surface area contributed by atoms with Gasteiger partial charge in [-0.3, -0.25) is 10.2 Å². The topological polar surface area (TPSA) is 167 Å². The number of anilines is 1. The van der Waals surface area contributed by atoms with E-state index in [-0.39, 0.29) is 50.6 Å². The number of aliphatic hydroxyl groups is 2. The van der Waals surface area contributed by atoms with E-state index in [4.69, 9.17) is 38.4 Å². The molecule has 2 amide bonds. The zero-order valence-corrected chi connectivity index (χ0v) is 44.0. The second-order valence-electron chi connectivity index (χ2n) is 19.6. The second kappa shape index (κ2) is 30.0. The predicted octanol–water partition coefficient (Wildman–Crippen LogP) is 12.9. The summed E-state index contributed by atoms with van der Waals surface area (Å²) in [7, 11) is 3.07. The number of oxime groups is 1. The molecule has 2 aliphatic carbocycles. The van der Waals surface area contributed by atoms with Gasteiger partial charge in [-0.15, -0.1) is 6.58 Å². The highest BCUT2D eigenvalue weighted by Gasteiger charge is 2.65. The highest BCUT2D eigenvalue weighted by molar-refractivity contribution is 6.03. The molecule has 1 heterocycles. The number of allylic oxidation sites excluding steroid dienone is 1. The number of hydrogen-bond acceptors (Lipinski definition) is 12. The van der Waals surface area contributed by atoms with Crippen LogP contribution in [0.15, 0.2) is 96.2 Å². The Morgan fingerprint density at radius 1 is 0.836 bits per heavy atom. The van der Waals surface area contributed by atoms with Crippen LogP contribution in [-0.2, 0) is 20.9 Å². The molecule has 14 nitrogen and oxygen atoms in total. The van der Waals surface area contributed by atoms with Crippen molar-refractivity contribution in [3.05, 3.63) is 102 Å². The number of ether oxygens (including phenoxy) is 6. The van der Waals surface area contributed by atoms with Gasteiger partial charge in [0.1, 0.15) is 35.6 Å². The molecular weight excluding hydrogens is 927 g/mol. The Balaban J connectivity index is 1.42. The minimum Gasteiger partial charge on any atom is -0.497 e. The van der Waals surface area contributed by atoms with E-state index >= 15 is 0 Å². The van der Waals surface area contributed by atoms with Gasteiger partial charge in [0.15, 0.2) is 0 Å². The lowest BCUT2D eigenvalue weighted by Crippen LogP contribution is -2.70. The van der Waals surface area contributed by atoms with Crippen molar-refractivity contribution in [2.45, 2.75) is 154 Å². The first-order valence-electron chi connectivity index (χ1n) is 27.1. The van der Waals surface area contributed by atoms with Crippen LogP contribution in [0.5, 0.6) is 23.0 Å². The predicted molar refractivity (Wildman–Crippen MR) is 286 cm³/mol. The van der Waals surface area contributed by atoms with Crippen LogP contribution in [0.3, 0.4) is 0 Å². The zero-order valence-electron chi connectivity index (χ0n) is 44.0. The lowest BCUT2D eigenvalue weighted by atomic mass is 9.55. The number of nitrogens with zero attached hydrogens (tertiary/aromatic N) is 2. The molecule has 0 saturated heterocycles. The molecule has 0 unspecified atom stereocenters. The summed E-state index contributed by atoms with van der Waals surface area (Å²) >= 11 is 0. The van der Waals surface area contributed by atoms with Gasteiger partial charge in [-0.25, -0.2) is 9.59 Å². The monoisotopic (exact) mass is 1010 g/mol. The Hall–Kier alpha value is -5.57. The van der Waals surface area contributed by atoms with E-state index in [2.05, 4.69) is 24.9 Å². The van der Waals surface area contributed by atoms with E-state index in [1.807, 2.05) is 49.4 Å². The van der Waals surface area contributed by atoms with E-state index in [1.165, 1.54) is 52.1 Å². The van der Waals surface area contributed by atoms with Crippen molar-refractivity contribution in [3.8, 4) is 23.0 Å². The number of carbonyl (C=O) groups is 2. The number of unbranched alkanes of at least 4 members (excludes halogenated alkanes) is 11. The number of rotatable bonds is 32. The fraction of sp³-hybridized carbons (Fsp3) is 0.576. The molecule has 3 aromatic carbocycles. The van der Waals surface area contributed by atoms with E-state index in [0.717, 1.165) is 61.6 Å². The van der Waals surface area contributed by atoms with Crippen molar-refractivity contribution in [1.82, 2.24) is 4.90 Å². The van der Waals surface area contributed by atoms with Crippen LogP contribution in [0.4, 0.5) is 15.3 Å². The van der Waals surface area contributed by atoms with E-state index in [1.54, 1.807) is 42.4 Å². The van der Waals surface area contributed by atoms with Gasteiger partial charge >= 0.3 is 12.2 Å². The summed E-state index contributed by atoms with van der Waals surface area (Å²) in [5.41, 5.74) is 3.78. The molecule has 0 spiro atoms. The summed E-state index contributed by atoms with van der Waals surface area (Å²) in [5.74, 6) is -0.548. The Bertz CT molecular complexity index is 2240. The molecule has 400 valence electrons. The quantitative estimate of drug-likeness (QED) is 0.0309. The van der Waals surface area contributed by atoms with Crippen molar-refractivity contribution in [2.24, 2.45) is 22.9 Å². The average Bonchev–Trinajstić information content (AvgIpc) is 3.40. The summed E-state index contributed by atoms with van der Waals surface area (Å²) in [6.07, 6.45) is 19.8. The van der Waals surface area contributed by atoms with Crippen LogP contribution in [0.2, 0.25) is 0 Å². The third-order valence-corrected chi connectivity index (χ3v) is 14.5. The van der Waals surface area contributed by atoms with E-state index < -0.39 is 29.9 Å². The Morgan fingerprint density at radius 3 is 2.23 bits per heavy atom. The number of fused-ring (bicyclic) bond motifs is 2. The number of methoxy groups -OCH3 is 2. The minimum absolute atomic E-state index is 0.00796. The summed E-state index contributed by atoms with van der Waals surface area (Å²) in [6.45, 7) is 9.52. The molecule has 3 aliphatic rings. The molecule has 1 saturated carbocycles. The van der Waals surface area contributed by atoms with Crippen molar-refractivity contribution >= 4 is 23.6 Å². The molecule has 6 atom stereocenters. The van der Waals surface area contributed by atoms with Crippen molar-refractivity contribution in [1.29, 1.82) is 0 Å². The van der Waals surface area contributed by atoms with Crippen LogP contribution in [0.1, 0.15) is 146 Å². The smallest absolute Gasteiger partial charge is 0.417 e. The molecular formula is C59H83N3O11. The van der Waals surface area contributed by atoms with Gasteiger partial charge in [-0.05, 0) is 91.8 Å². The molecule has 0 aromatic heterocycles. The Labute approximate surface area is 434 Å². The zero-order chi connectivity index (χ0) is 51.8. The van der Waals surface area contributed by atoms with Crippen LogP contribution in [-0.4, -0.2) is 92.0 Å². The van der Waals surface area contributed by atoms with Gasteiger partial charge < -0.3 is 43.5 Å². The maximum Gasteiger partial charge on any atom is 0.417 e. The number of carbonyl (C=O) groups excluding carboxylic acids is 2. The first-order valence-corrected chi connectivity index (χ1v) is 27.1. The average molecular weight is 1010 g/mol. The molecule has 73 heavy (non-hydrogen) atoms. The molecule has 6 rings (SSSR count). The number of amides is 2. The van der Waals surface area contributed by atoms with Crippen LogP contribution < -0.4 is 24.3 Å². The third kappa shape index (κ3) is 15.3. The number of nitrogens with one attached hydrogen (secondary N) is 1. The van der Waals surface area contributed by atoms with Crippen molar-refractivity contribution in [3.63, 3.8) is 0 Å².